The molecule has 1 heteroatoms. The van der Waals surface area contributed by atoms with Gasteiger partial charge in [-0.2, -0.15) is 5.26 Å². The number of benzene rings is 1. The van der Waals surface area contributed by atoms with Crippen molar-refractivity contribution in [3.63, 3.8) is 0 Å². The third-order valence-electron chi connectivity index (χ3n) is 3.77. The highest BCUT2D eigenvalue weighted by Gasteiger charge is 2.63. The van der Waals surface area contributed by atoms with Crippen molar-refractivity contribution < 1.29 is 0 Å². The monoisotopic (exact) mass is 199 g/mol. The zero-order valence-electron chi connectivity index (χ0n) is 9.89. The Balaban J connectivity index is 2.53. The van der Waals surface area contributed by atoms with Crippen molar-refractivity contribution in [1.82, 2.24) is 0 Å². The standard InChI is InChI=1S/C14H17N/c1-10-5-6-12(11(2)7-10)14(9-15)8-13(14,3)4/h5-7H,8H2,1-4H3. The van der Waals surface area contributed by atoms with Gasteiger partial charge < -0.3 is 0 Å². The highest BCUT2D eigenvalue weighted by molar-refractivity contribution is 5.49. The SMILES string of the molecule is Cc1ccc(C2(C#N)CC2(C)C)c(C)c1. The van der Waals surface area contributed by atoms with E-state index in [1.54, 1.807) is 0 Å². The summed E-state index contributed by atoms with van der Waals surface area (Å²) in [7, 11) is 0. The van der Waals surface area contributed by atoms with Gasteiger partial charge in [-0.25, -0.2) is 0 Å². The quantitative estimate of drug-likeness (QED) is 0.679. The molecule has 0 spiro atoms. The van der Waals surface area contributed by atoms with Crippen molar-refractivity contribution in [2.45, 2.75) is 39.5 Å². The summed E-state index contributed by atoms with van der Waals surface area (Å²) in [5.74, 6) is 0. The summed E-state index contributed by atoms with van der Waals surface area (Å²) in [5, 5.41) is 9.39. The Labute approximate surface area is 91.7 Å². The molecule has 0 saturated heterocycles. The fourth-order valence-electron chi connectivity index (χ4n) is 2.62. The molecule has 0 radical (unpaired) electrons. The Bertz CT molecular complexity index is 451. The largest absolute Gasteiger partial charge is 0.197 e. The molecule has 1 saturated carbocycles. The van der Waals surface area contributed by atoms with Gasteiger partial charge in [0.1, 0.15) is 0 Å². The van der Waals surface area contributed by atoms with Crippen molar-refractivity contribution in [2.75, 3.05) is 0 Å². The minimum absolute atomic E-state index is 0.141. The minimum atomic E-state index is -0.231. The fraction of sp³-hybridized carbons (Fsp3) is 0.500. The lowest BCUT2D eigenvalue weighted by atomic mass is 9.86. The number of nitrogens with zero attached hydrogens (tertiary/aromatic N) is 1. The molecule has 2 rings (SSSR count). The van der Waals surface area contributed by atoms with Crippen LogP contribution in [0, 0.1) is 30.6 Å². The molecule has 0 N–H and O–H groups in total. The normalized spacial score (nSPS) is 27.1. The van der Waals surface area contributed by atoms with Gasteiger partial charge in [-0.05, 0) is 36.8 Å². The van der Waals surface area contributed by atoms with Gasteiger partial charge in [-0.15, -0.1) is 0 Å². The van der Waals surface area contributed by atoms with E-state index in [1.807, 2.05) is 0 Å². The van der Waals surface area contributed by atoms with Crippen molar-refractivity contribution in [1.29, 1.82) is 5.26 Å². The lowest BCUT2D eigenvalue weighted by molar-refractivity contribution is 0.568. The molecule has 1 unspecified atom stereocenters. The molecule has 0 aromatic heterocycles. The van der Waals surface area contributed by atoms with E-state index >= 15 is 0 Å². The summed E-state index contributed by atoms with van der Waals surface area (Å²) in [4.78, 5) is 0. The average Bonchev–Trinajstić information content (AvgIpc) is 2.69. The zero-order valence-corrected chi connectivity index (χ0v) is 9.89. The molecule has 15 heavy (non-hydrogen) atoms. The predicted molar refractivity (Wildman–Crippen MR) is 61.6 cm³/mol. The van der Waals surface area contributed by atoms with Crippen LogP contribution < -0.4 is 0 Å². The first-order valence-electron chi connectivity index (χ1n) is 5.42. The van der Waals surface area contributed by atoms with Gasteiger partial charge in [0.15, 0.2) is 0 Å². The Kier molecular flexibility index (Phi) is 1.95. The van der Waals surface area contributed by atoms with E-state index in [9.17, 15) is 5.26 Å². The second-order valence-corrected chi connectivity index (χ2v) is 5.40. The third-order valence-corrected chi connectivity index (χ3v) is 3.77. The van der Waals surface area contributed by atoms with E-state index in [2.05, 4.69) is 52.0 Å². The summed E-state index contributed by atoms with van der Waals surface area (Å²) >= 11 is 0. The van der Waals surface area contributed by atoms with Gasteiger partial charge in [-0.1, -0.05) is 37.6 Å². The topological polar surface area (TPSA) is 23.8 Å². The molecule has 1 nitrogen and oxygen atoms in total. The molecule has 1 aliphatic carbocycles. The molecule has 1 aromatic rings. The second kappa shape index (κ2) is 2.85. The van der Waals surface area contributed by atoms with E-state index in [0.29, 0.717) is 0 Å². The zero-order chi connectivity index (χ0) is 11.3. The van der Waals surface area contributed by atoms with Gasteiger partial charge in [0.2, 0.25) is 0 Å². The van der Waals surface area contributed by atoms with Crippen LogP contribution in [0.1, 0.15) is 37.0 Å². The van der Waals surface area contributed by atoms with Crippen LogP contribution >= 0.6 is 0 Å². The molecule has 0 bridgehead atoms. The molecule has 1 aliphatic rings. The molecule has 1 atom stereocenters. The van der Waals surface area contributed by atoms with Crippen LogP contribution in [-0.2, 0) is 5.41 Å². The van der Waals surface area contributed by atoms with E-state index < -0.39 is 0 Å². The van der Waals surface area contributed by atoms with Crippen molar-refractivity contribution in [3.8, 4) is 6.07 Å². The molecule has 1 aromatic carbocycles. The lowest BCUT2D eigenvalue weighted by Crippen LogP contribution is -2.13. The van der Waals surface area contributed by atoms with Crippen LogP contribution in [0.5, 0.6) is 0 Å². The number of nitriles is 1. The van der Waals surface area contributed by atoms with E-state index in [4.69, 9.17) is 0 Å². The molecule has 0 aliphatic heterocycles. The highest BCUT2D eigenvalue weighted by atomic mass is 14.6. The Morgan fingerprint density at radius 1 is 1.27 bits per heavy atom. The first-order valence-corrected chi connectivity index (χ1v) is 5.42. The van der Waals surface area contributed by atoms with Crippen LogP contribution in [0.15, 0.2) is 18.2 Å². The number of hydrogen-bond donors (Lipinski definition) is 0. The first kappa shape index (κ1) is 10.2. The average molecular weight is 199 g/mol. The maximum absolute atomic E-state index is 9.39. The van der Waals surface area contributed by atoms with E-state index in [0.717, 1.165) is 6.42 Å². The maximum Gasteiger partial charge on any atom is 0.0882 e. The highest BCUT2D eigenvalue weighted by Crippen LogP contribution is 2.64. The summed E-state index contributed by atoms with van der Waals surface area (Å²) in [6.45, 7) is 8.55. The summed E-state index contributed by atoms with van der Waals surface area (Å²) in [6, 6.07) is 8.92. The van der Waals surface area contributed by atoms with Crippen LogP contribution in [0.2, 0.25) is 0 Å². The number of rotatable bonds is 1. The molecule has 78 valence electrons. The van der Waals surface area contributed by atoms with Crippen LogP contribution in [-0.4, -0.2) is 0 Å². The van der Waals surface area contributed by atoms with Gasteiger partial charge in [0.05, 0.1) is 11.5 Å². The lowest BCUT2D eigenvalue weighted by Gasteiger charge is -2.15. The summed E-state index contributed by atoms with van der Waals surface area (Å²) < 4.78 is 0. The van der Waals surface area contributed by atoms with Crippen LogP contribution in [0.3, 0.4) is 0 Å². The maximum atomic E-state index is 9.39. The predicted octanol–water partition coefficient (Wildman–Crippen LogP) is 3.49. The summed E-state index contributed by atoms with van der Waals surface area (Å²) in [5.41, 5.74) is 3.65. The van der Waals surface area contributed by atoms with Crippen molar-refractivity contribution in [3.05, 3.63) is 34.9 Å². The second-order valence-electron chi connectivity index (χ2n) is 5.40. The van der Waals surface area contributed by atoms with Crippen molar-refractivity contribution in [2.24, 2.45) is 5.41 Å². The number of aryl methyl sites for hydroxylation is 2. The van der Waals surface area contributed by atoms with Crippen molar-refractivity contribution >= 4 is 0 Å². The Morgan fingerprint density at radius 2 is 1.87 bits per heavy atom. The first-order chi connectivity index (χ1) is 6.93. The molecular weight excluding hydrogens is 182 g/mol. The van der Waals surface area contributed by atoms with Gasteiger partial charge >= 0.3 is 0 Å². The minimum Gasteiger partial charge on any atom is -0.197 e. The van der Waals surface area contributed by atoms with Gasteiger partial charge in [0, 0.05) is 0 Å². The number of hydrogen-bond acceptors (Lipinski definition) is 1. The molecule has 0 heterocycles. The summed E-state index contributed by atoms with van der Waals surface area (Å²) in [6.07, 6.45) is 0.987. The van der Waals surface area contributed by atoms with Crippen LogP contribution in [0.25, 0.3) is 0 Å². The molecular formula is C14H17N. The van der Waals surface area contributed by atoms with Crippen LogP contribution in [0.4, 0.5) is 0 Å². The van der Waals surface area contributed by atoms with Gasteiger partial charge in [-0.3, -0.25) is 0 Å². The Morgan fingerprint density at radius 3 is 2.27 bits per heavy atom. The fourth-order valence-corrected chi connectivity index (χ4v) is 2.62. The van der Waals surface area contributed by atoms with Gasteiger partial charge in [0.25, 0.3) is 0 Å². The molecule has 0 amide bonds. The molecule has 1 fully saturated rings. The van der Waals surface area contributed by atoms with E-state index in [1.165, 1.54) is 16.7 Å². The van der Waals surface area contributed by atoms with E-state index in [-0.39, 0.29) is 10.8 Å². The third kappa shape index (κ3) is 1.28. The smallest absolute Gasteiger partial charge is 0.0882 e. The Hall–Kier alpha value is -1.29.